The SMILES string of the molecule is COc1ccc(N)cc1CNc1ccccc1S(N)(=O)=O. The van der Waals surface area contributed by atoms with E-state index in [0.717, 1.165) is 5.56 Å². The van der Waals surface area contributed by atoms with E-state index in [9.17, 15) is 8.42 Å². The normalized spacial score (nSPS) is 11.1. The van der Waals surface area contributed by atoms with Gasteiger partial charge in [-0.2, -0.15) is 0 Å². The van der Waals surface area contributed by atoms with E-state index in [4.69, 9.17) is 15.6 Å². The van der Waals surface area contributed by atoms with Crippen molar-refractivity contribution in [2.45, 2.75) is 11.4 Å². The molecule has 0 unspecified atom stereocenters. The van der Waals surface area contributed by atoms with Crippen molar-refractivity contribution in [2.24, 2.45) is 5.14 Å². The molecular weight excluding hydrogens is 290 g/mol. The van der Waals surface area contributed by atoms with Crippen LogP contribution < -0.4 is 20.9 Å². The number of nitrogen functional groups attached to an aromatic ring is 1. The molecule has 0 spiro atoms. The van der Waals surface area contributed by atoms with Gasteiger partial charge in [0.25, 0.3) is 0 Å². The van der Waals surface area contributed by atoms with E-state index in [1.807, 2.05) is 0 Å². The molecule has 2 aromatic rings. The number of nitrogens with two attached hydrogens (primary N) is 2. The summed E-state index contributed by atoms with van der Waals surface area (Å²) < 4.78 is 28.3. The number of rotatable bonds is 5. The van der Waals surface area contributed by atoms with Gasteiger partial charge in [0.05, 0.1) is 12.8 Å². The zero-order valence-electron chi connectivity index (χ0n) is 11.5. The lowest BCUT2D eigenvalue weighted by molar-refractivity contribution is 0.410. The summed E-state index contributed by atoms with van der Waals surface area (Å²) in [6.45, 7) is 0.362. The van der Waals surface area contributed by atoms with Crippen LogP contribution in [0.2, 0.25) is 0 Å². The molecule has 0 aliphatic rings. The molecule has 5 N–H and O–H groups in total. The predicted molar refractivity (Wildman–Crippen MR) is 82.5 cm³/mol. The van der Waals surface area contributed by atoms with Crippen molar-refractivity contribution in [3.05, 3.63) is 48.0 Å². The third-order valence-corrected chi connectivity index (χ3v) is 3.94. The molecule has 7 heteroatoms. The van der Waals surface area contributed by atoms with Gasteiger partial charge < -0.3 is 15.8 Å². The fraction of sp³-hybridized carbons (Fsp3) is 0.143. The fourth-order valence-electron chi connectivity index (χ4n) is 1.99. The molecular formula is C14H17N3O3S. The molecule has 21 heavy (non-hydrogen) atoms. The van der Waals surface area contributed by atoms with Crippen LogP contribution in [0, 0.1) is 0 Å². The van der Waals surface area contributed by atoms with Crippen molar-refractivity contribution < 1.29 is 13.2 Å². The highest BCUT2D eigenvalue weighted by Gasteiger charge is 2.13. The third kappa shape index (κ3) is 3.65. The molecule has 0 saturated heterocycles. The van der Waals surface area contributed by atoms with Crippen molar-refractivity contribution in [1.29, 1.82) is 0 Å². The van der Waals surface area contributed by atoms with Crippen LogP contribution in [0.25, 0.3) is 0 Å². The molecule has 0 fully saturated rings. The van der Waals surface area contributed by atoms with Crippen molar-refractivity contribution in [3.8, 4) is 5.75 Å². The van der Waals surface area contributed by atoms with Gasteiger partial charge in [0, 0.05) is 17.8 Å². The number of primary sulfonamides is 1. The van der Waals surface area contributed by atoms with Crippen LogP contribution >= 0.6 is 0 Å². The highest BCUT2D eigenvalue weighted by molar-refractivity contribution is 7.89. The van der Waals surface area contributed by atoms with E-state index in [2.05, 4.69) is 5.32 Å². The second kappa shape index (κ2) is 6.02. The Hall–Kier alpha value is -2.25. The Morgan fingerprint density at radius 3 is 2.57 bits per heavy atom. The largest absolute Gasteiger partial charge is 0.496 e. The van der Waals surface area contributed by atoms with Crippen molar-refractivity contribution in [2.75, 3.05) is 18.2 Å². The average Bonchev–Trinajstić information content (AvgIpc) is 2.44. The molecule has 0 bridgehead atoms. The summed E-state index contributed by atoms with van der Waals surface area (Å²) in [5.41, 5.74) is 7.61. The third-order valence-electron chi connectivity index (χ3n) is 2.97. The number of benzene rings is 2. The summed E-state index contributed by atoms with van der Waals surface area (Å²) in [5.74, 6) is 0.671. The minimum Gasteiger partial charge on any atom is -0.496 e. The second-order valence-corrected chi connectivity index (χ2v) is 6.00. The summed E-state index contributed by atoms with van der Waals surface area (Å²) in [6.07, 6.45) is 0. The van der Waals surface area contributed by atoms with Crippen LogP contribution in [-0.2, 0) is 16.6 Å². The van der Waals surface area contributed by atoms with Crippen LogP contribution in [0.1, 0.15) is 5.56 Å². The van der Waals surface area contributed by atoms with Gasteiger partial charge in [0.1, 0.15) is 10.6 Å². The Morgan fingerprint density at radius 2 is 1.90 bits per heavy atom. The van der Waals surface area contributed by atoms with E-state index >= 15 is 0 Å². The number of methoxy groups -OCH3 is 1. The first kappa shape index (κ1) is 15.1. The van der Waals surface area contributed by atoms with Crippen molar-refractivity contribution in [3.63, 3.8) is 0 Å². The number of hydrogen-bond acceptors (Lipinski definition) is 5. The monoisotopic (exact) mass is 307 g/mol. The Kier molecular flexibility index (Phi) is 4.35. The number of ether oxygens (including phenoxy) is 1. The van der Waals surface area contributed by atoms with E-state index < -0.39 is 10.0 Å². The lowest BCUT2D eigenvalue weighted by Gasteiger charge is -2.13. The molecule has 112 valence electrons. The Bertz CT molecular complexity index is 745. The summed E-state index contributed by atoms with van der Waals surface area (Å²) in [6, 6.07) is 11.7. The van der Waals surface area contributed by atoms with Crippen LogP contribution in [-0.4, -0.2) is 15.5 Å². The molecule has 6 nitrogen and oxygen atoms in total. The van der Waals surface area contributed by atoms with Gasteiger partial charge in [-0.15, -0.1) is 0 Å². The zero-order valence-corrected chi connectivity index (χ0v) is 12.4. The topological polar surface area (TPSA) is 107 Å². The molecule has 0 aliphatic heterocycles. The Morgan fingerprint density at radius 1 is 1.19 bits per heavy atom. The molecule has 2 rings (SSSR count). The highest BCUT2D eigenvalue weighted by atomic mass is 32.2. The van der Waals surface area contributed by atoms with Crippen LogP contribution in [0.3, 0.4) is 0 Å². The number of nitrogens with one attached hydrogen (secondary N) is 1. The maximum atomic E-state index is 11.5. The summed E-state index contributed by atoms with van der Waals surface area (Å²) in [7, 11) is -2.22. The first-order chi connectivity index (χ1) is 9.91. The van der Waals surface area contributed by atoms with E-state index in [-0.39, 0.29) is 4.90 Å². The van der Waals surface area contributed by atoms with Gasteiger partial charge in [0.15, 0.2) is 0 Å². The van der Waals surface area contributed by atoms with E-state index in [1.165, 1.54) is 6.07 Å². The maximum Gasteiger partial charge on any atom is 0.240 e. The molecule has 0 atom stereocenters. The molecule has 0 aromatic heterocycles. The highest BCUT2D eigenvalue weighted by Crippen LogP contribution is 2.24. The lowest BCUT2D eigenvalue weighted by atomic mass is 10.1. The summed E-state index contributed by atoms with van der Waals surface area (Å²) in [4.78, 5) is 0.0490. The molecule has 0 amide bonds. The minimum absolute atomic E-state index is 0.0490. The molecule has 2 aromatic carbocycles. The molecule has 0 aliphatic carbocycles. The van der Waals surface area contributed by atoms with Gasteiger partial charge in [0.2, 0.25) is 10.0 Å². The average molecular weight is 307 g/mol. The van der Waals surface area contributed by atoms with Crippen molar-refractivity contribution in [1.82, 2.24) is 0 Å². The van der Waals surface area contributed by atoms with Gasteiger partial charge in [-0.25, -0.2) is 13.6 Å². The van der Waals surface area contributed by atoms with Gasteiger partial charge in [-0.1, -0.05) is 12.1 Å². The lowest BCUT2D eigenvalue weighted by Crippen LogP contribution is -2.15. The van der Waals surface area contributed by atoms with Gasteiger partial charge in [-0.3, -0.25) is 0 Å². The number of hydrogen-bond donors (Lipinski definition) is 3. The number of sulfonamides is 1. The Labute approximate surface area is 123 Å². The van der Waals surface area contributed by atoms with E-state index in [1.54, 1.807) is 43.5 Å². The first-order valence-corrected chi connectivity index (χ1v) is 7.74. The summed E-state index contributed by atoms with van der Waals surface area (Å²) in [5, 5.41) is 8.24. The smallest absolute Gasteiger partial charge is 0.240 e. The molecule has 0 heterocycles. The Balaban J connectivity index is 2.27. The minimum atomic E-state index is -3.78. The van der Waals surface area contributed by atoms with Gasteiger partial charge in [-0.05, 0) is 30.3 Å². The van der Waals surface area contributed by atoms with E-state index in [0.29, 0.717) is 23.7 Å². The zero-order chi connectivity index (χ0) is 15.5. The molecule has 0 saturated carbocycles. The maximum absolute atomic E-state index is 11.5. The molecule has 0 radical (unpaired) electrons. The first-order valence-electron chi connectivity index (χ1n) is 6.20. The van der Waals surface area contributed by atoms with Crippen molar-refractivity contribution >= 4 is 21.4 Å². The van der Waals surface area contributed by atoms with Crippen LogP contribution in [0.5, 0.6) is 5.75 Å². The summed E-state index contributed by atoms with van der Waals surface area (Å²) >= 11 is 0. The predicted octanol–water partition coefficient (Wildman–Crippen LogP) is 1.54. The second-order valence-electron chi connectivity index (χ2n) is 4.47. The van der Waals surface area contributed by atoms with Crippen LogP contribution in [0.4, 0.5) is 11.4 Å². The number of para-hydroxylation sites is 1. The van der Waals surface area contributed by atoms with Crippen LogP contribution in [0.15, 0.2) is 47.4 Å². The quantitative estimate of drug-likeness (QED) is 0.726. The number of anilines is 2. The standard InChI is InChI=1S/C14H17N3O3S/c1-20-13-7-6-11(15)8-10(13)9-17-12-4-2-3-5-14(12)21(16,18)19/h2-8,17H,9,15H2,1H3,(H2,16,18,19). The fourth-order valence-corrected chi connectivity index (χ4v) is 2.70. The van der Waals surface area contributed by atoms with Gasteiger partial charge >= 0.3 is 0 Å².